The lowest BCUT2D eigenvalue weighted by Crippen LogP contribution is -2.15. The maximum absolute atomic E-state index is 10.8. The molecule has 0 amide bonds. The van der Waals surface area contributed by atoms with Crippen molar-refractivity contribution in [3.05, 3.63) is 0 Å². The minimum atomic E-state index is 0.0221. The molecule has 0 fully saturated rings. The summed E-state index contributed by atoms with van der Waals surface area (Å²) in [6, 6.07) is 0. The van der Waals surface area contributed by atoms with Crippen LogP contribution in [0.15, 0.2) is 0 Å². The van der Waals surface area contributed by atoms with Gasteiger partial charge in [0.25, 0.3) is 0 Å². The number of Topliss-reactive ketones (excluding diaryl/α,β-unsaturated/α-hetero) is 2. The average molecular weight is 156 g/mol. The van der Waals surface area contributed by atoms with Crippen molar-refractivity contribution in [2.45, 2.75) is 34.1 Å². The molecule has 0 heterocycles. The van der Waals surface area contributed by atoms with Crippen molar-refractivity contribution in [3.63, 3.8) is 0 Å². The van der Waals surface area contributed by atoms with Gasteiger partial charge in [-0.25, -0.2) is 0 Å². The highest BCUT2D eigenvalue weighted by Gasteiger charge is 2.15. The molecule has 11 heavy (non-hydrogen) atoms. The first kappa shape index (κ1) is 10.3. The highest BCUT2D eigenvalue weighted by atomic mass is 16.1. The molecule has 0 aromatic heterocycles. The highest BCUT2D eigenvalue weighted by molar-refractivity contribution is 5.81. The molecule has 0 radical (unpaired) electrons. The molecule has 2 atom stereocenters. The van der Waals surface area contributed by atoms with E-state index in [9.17, 15) is 9.59 Å². The summed E-state index contributed by atoms with van der Waals surface area (Å²) in [5, 5.41) is 0. The maximum atomic E-state index is 10.8. The number of hydrogen-bond acceptors (Lipinski definition) is 2. The van der Waals surface area contributed by atoms with Gasteiger partial charge in [0.05, 0.1) is 0 Å². The number of carbonyl (C=O) groups excluding carboxylic acids is 2. The summed E-state index contributed by atoms with van der Waals surface area (Å²) in [5.74, 6) is 0.374. The number of carbonyl (C=O) groups is 2. The summed E-state index contributed by atoms with van der Waals surface area (Å²) in [4.78, 5) is 21.6. The third-order valence-corrected chi connectivity index (χ3v) is 2.10. The zero-order valence-corrected chi connectivity index (χ0v) is 7.68. The molecule has 0 spiro atoms. The zero-order chi connectivity index (χ0) is 9.02. The Hall–Kier alpha value is -0.660. The summed E-state index contributed by atoms with van der Waals surface area (Å²) in [5.41, 5.74) is 0. The zero-order valence-electron chi connectivity index (χ0n) is 7.68. The van der Waals surface area contributed by atoms with E-state index < -0.39 is 0 Å². The lowest BCUT2D eigenvalue weighted by Gasteiger charge is -2.11. The van der Waals surface area contributed by atoms with Crippen LogP contribution < -0.4 is 0 Å². The minimum absolute atomic E-state index is 0.0221. The second kappa shape index (κ2) is 4.27. The van der Waals surface area contributed by atoms with E-state index in [0.717, 1.165) is 0 Å². The van der Waals surface area contributed by atoms with Crippen LogP contribution in [0.25, 0.3) is 0 Å². The molecule has 0 bridgehead atoms. The molecule has 64 valence electrons. The van der Waals surface area contributed by atoms with Crippen molar-refractivity contribution < 1.29 is 9.59 Å². The topological polar surface area (TPSA) is 34.1 Å². The molecule has 2 heteroatoms. The first-order chi connectivity index (χ1) is 4.95. The smallest absolute Gasteiger partial charge is 0.132 e. The minimum Gasteiger partial charge on any atom is -0.300 e. The largest absolute Gasteiger partial charge is 0.300 e. The van der Waals surface area contributed by atoms with E-state index in [4.69, 9.17) is 0 Å². The summed E-state index contributed by atoms with van der Waals surface area (Å²) in [6.07, 6.45) is 0.685. The Morgan fingerprint density at radius 3 is 1.45 bits per heavy atom. The number of hydrogen-bond donors (Lipinski definition) is 0. The summed E-state index contributed by atoms with van der Waals surface area (Å²) in [6.45, 7) is 6.86. The van der Waals surface area contributed by atoms with Crippen molar-refractivity contribution in [2.75, 3.05) is 0 Å². The lowest BCUT2D eigenvalue weighted by molar-refractivity contribution is -0.123. The van der Waals surface area contributed by atoms with E-state index in [0.29, 0.717) is 6.42 Å². The van der Waals surface area contributed by atoms with Crippen LogP contribution in [0.3, 0.4) is 0 Å². The fourth-order valence-electron chi connectivity index (χ4n) is 0.862. The van der Waals surface area contributed by atoms with Crippen molar-refractivity contribution in [1.29, 1.82) is 0 Å². The van der Waals surface area contributed by atoms with Gasteiger partial charge in [0.15, 0.2) is 0 Å². The molecule has 0 rings (SSSR count). The summed E-state index contributed by atoms with van der Waals surface area (Å²) < 4.78 is 0. The van der Waals surface area contributed by atoms with E-state index >= 15 is 0 Å². The van der Waals surface area contributed by atoms with Crippen molar-refractivity contribution in [1.82, 2.24) is 0 Å². The fraction of sp³-hybridized carbons (Fsp3) is 0.778. The highest BCUT2D eigenvalue weighted by Crippen LogP contribution is 2.12. The molecule has 0 saturated carbocycles. The normalized spacial score (nSPS) is 15.6. The fourth-order valence-corrected chi connectivity index (χ4v) is 0.862. The second-order valence-electron chi connectivity index (χ2n) is 3.26. The van der Waals surface area contributed by atoms with Gasteiger partial charge in [-0.1, -0.05) is 13.8 Å². The maximum Gasteiger partial charge on any atom is 0.132 e. The lowest BCUT2D eigenvalue weighted by atomic mass is 9.92. The average Bonchev–Trinajstić information content (AvgIpc) is 1.87. The van der Waals surface area contributed by atoms with Gasteiger partial charge in [0.1, 0.15) is 11.6 Å². The first-order valence-electron chi connectivity index (χ1n) is 3.96. The van der Waals surface area contributed by atoms with Crippen LogP contribution in [0, 0.1) is 11.8 Å². The standard InChI is InChI=1S/C9H16O2/c1-6(8(3)10)5-7(2)9(4)11/h6-7H,5H2,1-4H3. The monoisotopic (exact) mass is 156 g/mol. The van der Waals surface area contributed by atoms with Gasteiger partial charge in [0, 0.05) is 11.8 Å². The van der Waals surface area contributed by atoms with E-state index in [-0.39, 0.29) is 23.4 Å². The van der Waals surface area contributed by atoms with Crippen LogP contribution in [0.5, 0.6) is 0 Å². The van der Waals surface area contributed by atoms with Gasteiger partial charge in [-0.05, 0) is 20.3 Å². The molecule has 2 unspecified atom stereocenters. The van der Waals surface area contributed by atoms with E-state index in [1.165, 1.54) is 0 Å². The molecule has 0 aliphatic rings. The molecule has 2 nitrogen and oxygen atoms in total. The van der Waals surface area contributed by atoms with Crippen LogP contribution in [-0.2, 0) is 9.59 Å². The Morgan fingerprint density at radius 2 is 1.27 bits per heavy atom. The SMILES string of the molecule is CC(=O)C(C)CC(C)C(C)=O. The number of rotatable bonds is 4. The van der Waals surface area contributed by atoms with Gasteiger partial charge in [-0.3, -0.25) is 9.59 Å². The van der Waals surface area contributed by atoms with Crippen LogP contribution >= 0.6 is 0 Å². The Labute approximate surface area is 68.0 Å². The van der Waals surface area contributed by atoms with Crippen LogP contribution in [0.2, 0.25) is 0 Å². The van der Waals surface area contributed by atoms with Gasteiger partial charge in [0.2, 0.25) is 0 Å². The van der Waals surface area contributed by atoms with Gasteiger partial charge in [-0.2, -0.15) is 0 Å². The third-order valence-electron chi connectivity index (χ3n) is 2.10. The molecular formula is C9H16O2. The molecule has 0 saturated heterocycles. The Morgan fingerprint density at radius 1 is 1.00 bits per heavy atom. The molecule has 0 aromatic carbocycles. The predicted octanol–water partition coefficient (Wildman–Crippen LogP) is 1.83. The molecule has 0 aromatic rings. The first-order valence-corrected chi connectivity index (χ1v) is 3.96. The van der Waals surface area contributed by atoms with E-state index in [1.54, 1.807) is 13.8 Å². The summed E-state index contributed by atoms with van der Waals surface area (Å²) in [7, 11) is 0. The second-order valence-corrected chi connectivity index (χ2v) is 3.26. The van der Waals surface area contributed by atoms with Crippen LogP contribution in [0.4, 0.5) is 0 Å². The van der Waals surface area contributed by atoms with Crippen LogP contribution in [-0.4, -0.2) is 11.6 Å². The third kappa shape index (κ3) is 3.91. The van der Waals surface area contributed by atoms with Crippen molar-refractivity contribution in [3.8, 4) is 0 Å². The Kier molecular flexibility index (Phi) is 4.01. The molecular weight excluding hydrogens is 140 g/mol. The predicted molar refractivity (Wildman–Crippen MR) is 44.3 cm³/mol. The molecule has 0 aliphatic heterocycles. The van der Waals surface area contributed by atoms with Crippen molar-refractivity contribution >= 4 is 11.6 Å². The summed E-state index contributed by atoms with van der Waals surface area (Å²) >= 11 is 0. The Bertz CT molecular complexity index is 143. The molecule has 0 aliphatic carbocycles. The quantitative estimate of drug-likeness (QED) is 0.622. The van der Waals surface area contributed by atoms with Gasteiger partial charge in [-0.15, -0.1) is 0 Å². The van der Waals surface area contributed by atoms with E-state index in [2.05, 4.69) is 0 Å². The van der Waals surface area contributed by atoms with Crippen LogP contribution in [0.1, 0.15) is 34.1 Å². The van der Waals surface area contributed by atoms with Gasteiger partial charge >= 0.3 is 0 Å². The number of ketones is 2. The van der Waals surface area contributed by atoms with Crippen molar-refractivity contribution in [2.24, 2.45) is 11.8 Å². The Balaban J connectivity index is 3.84. The van der Waals surface area contributed by atoms with E-state index in [1.807, 2.05) is 13.8 Å². The molecule has 0 N–H and O–H groups in total. The van der Waals surface area contributed by atoms with Gasteiger partial charge < -0.3 is 0 Å².